The summed E-state index contributed by atoms with van der Waals surface area (Å²) in [5, 5.41) is 11.3. The Hall–Kier alpha value is -2.94. The number of Topliss-reactive ketones (excluding diaryl/α,β-unsaturated/α-hetero) is 1. The van der Waals surface area contributed by atoms with Gasteiger partial charge in [0.1, 0.15) is 17.3 Å². The molecule has 1 N–H and O–H groups in total. The van der Waals surface area contributed by atoms with Crippen LogP contribution in [0.25, 0.3) is 5.76 Å². The lowest BCUT2D eigenvalue weighted by Gasteiger charge is -2.29. The van der Waals surface area contributed by atoms with Gasteiger partial charge < -0.3 is 19.5 Å². The number of halogens is 2. The number of benzene rings is 2. The van der Waals surface area contributed by atoms with E-state index in [2.05, 4.69) is 4.90 Å². The van der Waals surface area contributed by atoms with Gasteiger partial charge in [0.15, 0.2) is 0 Å². The summed E-state index contributed by atoms with van der Waals surface area (Å²) in [6.45, 7) is 3.86. The number of carbonyl (C=O) groups is 2. The Labute approximate surface area is 202 Å². The molecule has 1 amide bonds. The van der Waals surface area contributed by atoms with Crippen LogP contribution >= 0.6 is 11.6 Å². The second kappa shape index (κ2) is 10.5. The molecule has 2 fully saturated rings. The summed E-state index contributed by atoms with van der Waals surface area (Å²) in [7, 11) is 1.46. The Morgan fingerprint density at radius 3 is 2.59 bits per heavy atom. The SMILES string of the molecule is COc1ccc(C(O)=C2C(=O)C(=O)N(CCCN3CCOCC3)[C@@H]2c2ccccc2F)cc1Cl. The lowest BCUT2D eigenvalue weighted by Crippen LogP contribution is -2.39. The minimum atomic E-state index is -1.05. The van der Waals surface area contributed by atoms with E-state index in [4.69, 9.17) is 21.1 Å². The third-order valence-electron chi connectivity index (χ3n) is 6.14. The number of ketones is 1. The Kier molecular flexibility index (Phi) is 7.50. The van der Waals surface area contributed by atoms with Crippen LogP contribution < -0.4 is 4.74 Å². The van der Waals surface area contributed by atoms with E-state index in [1.807, 2.05) is 0 Å². The molecule has 7 nitrogen and oxygen atoms in total. The van der Waals surface area contributed by atoms with Gasteiger partial charge in [-0.2, -0.15) is 0 Å². The van der Waals surface area contributed by atoms with E-state index in [9.17, 15) is 19.1 Å². The number of likely N-dealkylation sites (tertiary alicyclic amines) is 1. The Bertz CT molecular complexity index is 1120. The second-order valence-corrected chi connectivity index (χ2v) is 8.58. The van der Waals surface area contributed by atoms with Gasteiger partial charge in [0.25, 0.3) is 11.7 Å². The quantitative estimate of drug-likeness (QED) is 0.364. The van der Waals surface area contributed by atoms with Crippen molar-refractivity contribution >= 4 is 29.1 Å². The molecule has 2 aromatic carbocycles. The second-order valence-electron chi connectivity index (χ2n) is 8.17. The van der Waals surface area contributed by atoms with E-state index >= 15 is 0 Å². The first-order valence-electron chi connectivity index (χ1n) is 11.1. The maximum Gasteiger partial charge on any atom is 0.295 e. The van der Waals surface area contributed by atoms with Crippen molar-refractivity contribution in [2.45, 2.75) is 12.5 Å². The molecular weight excluding hydrogens is 463 g/mol. The molecule has 0 aliphatic carbocycles. The summed E-state index contributed by atoms with van der Waals surface area (Å²) in [6, 6.07) is 9.44. The van der Waals surface area contributed by atoms with Crippen LogP contribution in [0.2, 0.25) is 5.02 Å². The molecule has 180 valence electrons. The highest BCUT2D eigenvalue weighted by atomic mass is 35.5. The summed E-state index contributed by atoms with van der Waals surface area (Å²) < 4.78 is 25.4. The number of aliphatic hydroxyl groups is 1. The Balaban J connectivity index is 1.70. The van der Waals surface area contributed by atoms with E-state index in [0.717, 1.165) is 13.1 Å². The molecule has 0 aromatic heterocycles. The van der Waals surface area contributed by atoms with Crippen molar-refractivity contribution in [3.05, 3.63) is 70.0 Å². The summed E-state index contributed by atoms with van der Waals surface area (Å²) in [5.74, 6) is -2.20. The van der Waals surface area contributed by atoms with Crippen LogP contribution in [0.5, 0.6) is 5.75 Å². The van der Waals surface area contributed by atoms with Crippen LogP contribution in [0, 0.1) is 5.82 Å². The zero-order valence-corrected chi connectivity index (χ0v) is 19.6. The molecule has 0 spiro atoms. The fourth-order valence-electron chi connectivity index (χ4n) is 4.39. The summed E-state index contributed by atoms with van der Waals surface area (Å²) in [4.78, 5) is 29.7. The van der Waals surface area contributed by atoms with Gasteiger partial charge in [-0.25, -0.2) is 4.39 Å². The molecule has 4 rings (SSSR count). The number of amides is 1. The Morgan fingerprint density at radius 2 is 1.91 bits per heavy atom. The average molecular weight is 489 g/mol. The first-order chi connectivity index (χ1) is 16.4. The fourth-order valence-corrected chi connectivity index (χ4v) is 4.65. The predicted molar refractivity (Wildman–Crippen MR) is 125 cm³/mol. The lowest BCUT2D eigenvalue weighted by molar-refractivity contribution is -0.140. The molecule has 1 atom stereocenters. The highest BCUT2D eigenvalue weighted by Crippen LogP contribution is 2.41. The van der Waals surface area contributed by atoms with Gasteiger partial charge in [-0.05, 0) is 30.7 Å². The number of nitrogens with zero attached hydrogens (tertiary/aromatic N) is 2. The number of aliphatic hydroxyl groups excluding tert-OH is 1. The third-order valence-corrected chi connectivity index (χ3v) is 6.44. The van der Waals surface area contributed by atoms with Crippen molar-refractivity contribution < 1.29 is 28.6 Å². The van der Waals surface area contributed by atoms with Crippen LogP contribution in [0.3, 0.4) is 0 Å². The maximum absolute atomic E-state index is 14.9. The summed E-state index contributed by atoms with van der Waals surface area (Å²) >= 11 is 6.20. The van der Waals surface area contributed by atoms with Crippen molar-refractivity contribution in [3.63, 3.8) is 0 Å². The predicted octanol–water partition coefficient (Wildman–Crippen LogP) is 3.63. The molecule has 0 bridgehead atoms. The highest BCUT2D eigenvalue weighted by Gasteiger charge is 2.46. The van der Waals surface area contributed by atoms with Crippen LogP contribution in [0.1, 0.15) is 23.6 Å². The number of ether oxygens (including phenoxy) is 2. The largest absolute Gasteiger partial charge is 0.507 e. The summed E-state index contributed by atoms with van der Waals surface area (Å²) in [5.41, 5.74) is 0.218. The average Bonchev–Trinajstić information content (AvgIpc) is 3.09. The van der Waals surface area contributed by atoms with Gasteiger partial charge in [0.2, 0.25) is 0 Å². The summed E-state index contributed by atoms with van der Waals surface area (Å²) in [6.07, 6.45) is 0.590. The molecule has 2 saturated heterocycles. The molecule has 9 heteroatoms. The monoisotopic (exact) mass is 488 g/mol. The molecule has 2 aliphatic heterocycles. The van der Waals surface area contributed by atoms with E-state index in [1.54, 1.807) is 12.1 Å². The third kappa shape index (κ3) is 4.80. The molecule has 0 saturated carbocycles. The van der Waals surface area contributed by atoms with E-state index < -0.39 is 29.3 Å². The minimum Gasteiger partial charge on any atom is -0.507 e. The number of methoxy groups -OCH3 is 1. The molecule has 0 radical (unpaired) electrons. The van der Waals surface area contributed by atoms with Crippen LogP contribution in [0.4, 0.5) is 4.39 Å². The topological polar surface area (TPSA) is 79.3 Å². The standard InChI is InChI=1S/C25H26ClFN2O5/c1-33-20-8-7-16(15-18(20)26)23(30)21-22(17-5-2-3-6-19(17)27)29(25(32)24(21)31)10-4-9-28-11-13-34-14-12-28/h2-3,5-8,15,22,30H,4,9-14H2,1H3/t22-/m1/s1. The van der Waals surface area contributed by atoms with Gasteiger partial charge in [0.05, 0.1) is 37.0 Å². The molecule has 2 heterocycles. The molecule has 0 unspecified atom stereocenters. The lowest BCUT2D eigenvalue weighted by atomic mass is 9.95. The number of carbonyl (C=O) groups excluding carboxylic acids is 2. The highest BCUT2D eigenvalue weighted by molar-refractivity contribution is 6.46. The molecular formula is C25H26ClFN2O5. The first-order valence-corrected chi connectivity index (χ1v) is 11.5. The van der Waals surface area contributed by atoms with Crippen molar-refractivity contribution in [2.75, 3.05) is 46.5 Å². The zero-order chi connectivity index (χ0) is 24.2. The van der Waals surface area contributed by atoms with Gasteiger partial charge in [-0.15, -0.1) is 0 Å². The van der Waals surface area contributed by atoms with Gasteiger partial charge in [-0.3, -0.25) is 14.5 Å². The van der Waals surface area contributed by atoms with E-state index in [-0.39, 0.29) is 28.3 Å². The van der Waals surface area contributed by atoms with Gasteiger partial charge in [-0.1, -0.05) is 29.8 Å². The number of hydrogen-bond donors (Lipinski definition) is 1. The van der Waals surface area contributed by atoms with E-state index in [1.165, 1.54) is 42.3 Å². The number of rotatable bonds is 7. The maximum atomic E-state index is 14.9. The molecule has 2 aromatic rings. The smallest absolute Gasteiger partial charge is 0.295 e. The zero-order valence-electron chi connectivity index (χ0n) is 18.8. The van der Waals surface area contributed by atoms with Crippen LogP contribution in [-0.2, 0) is 14.3 Å². The van der Waals surface area contributed by atoms with Crippen molar-refractivity contribution in [1.82, 2.24) is 9.80 Å². The number of morpholine rings is 1. The van der Waals surface area contributed by atoms with Crippen LogP contribution in [-0.4, -0.2) is 73.1 Å². The van der Waals surface area contributed by atoms with Crippen molar-refractivity contribution in [2.24, 2.45) is 0 Å². The van der Waals surface area contributed by atoms with Crippen molar-refractivity contribution in [3.8, 4) is 5.75 Å². The van der Waals surface area contributed by atoms with E-state index in [0.29, 0.717) is 31.9 Å². The molecule has 34 heavy (non-hydrogen) atoms. The minimum absolute atomic E-state index is 0.147. The van der Waals surface area contributed by atoms with Crippen LogP contribution in [0.15, 0.2) is 48.0 Å². The Morgan fingerprint density at radius 1 is 1.18 bits per heavy atom. The fraction of sp³-hybridized carbons (Fsp3) is 0.360. The van der Waals surface area contributed by atoms with Gasteiger partial charge in [0, 0.05) is 37.3 Å². The van der Waals surface area contributed by atoms with Gasteiger partial charge >= 0.3 is 0 Å². The normalized spacial score (nSPS) is 20.7. The number of hydrogen-bond acceptors (Lipinski definition) is 6. The molecule has 2 aliphatic rings. The van der Waals surface area contributed by atoms with Crippen molar-refractivity contribution in [1.29, 1.82) is 0 Å². The first kappa shape index (κ1) is 24.2.